The number of nitrogens with one attached hydrogen (secondary N) is 1. The zero-order valence-electron chi connectivity index (χ0n) is 15.9. The summed E-state index contributed by atoms with van der Waals surface area (Å²) in [6.07, 6.45) is 1.72. The highest BCUT2D eigenvalue weighted by atomic mass is 16.5. The molecule has 0 atom stereocenters. The zero-order valence-corrected chi connectivity index (χ0v) is 15.9. The summed E-state index contributed by atoms with van der Waals surface area (Å²) in [6, 6.07) is 15.9. The van der Waals surface area contributed by atoms with Gasteiger partial charge < -0.3 is 10.1 Å². The van der Waals surface area contributed by atoms with E-state index in [1.807, 2.05) is 30.3 Å². The molecule has 0 spiro atoms. The molecule has 3 aromatic rings. The van der Waals surface area contributed by atoms with Crippen LogP contribution in [0.25, 0.3) is 10.9 Å². The number of carbonyl (C=O) groups excluding carboxylic acids is 3. The van der Waals surface area contributed by atoms with Crippen molar-refractivity contribution in [3.63, 3.8) is 0 Å². The highest BCUT2D eigenvalue weighted by Crippen LogP contribution is 2.22. The monoisotopic (exact) mass is 399 g/mol. The molecule has 1 aromatic heterocycles. The Balaban J connectivity index is 1.23. The lowest BCUT2D eigenvalue weighted by Gasteiger charge is -2.12. The van der Waals surface area contributed by atoms with Crippen LogP contribution in [0.15, 0.2) is 60.8 Å². The first kappa shape index (κ1) is 19.2. The number of rotatable bonds is 5. The molecule has 0 bridgehead atoms. The summed E-state index contributed by atoms with van der Waals surface area (Å²) in [5, 5.41) is 3.60. The van der Waals surface area contributed by atoms with Crippen molar-refractivity contribution in [3.8, 4) is 17.6 Å². The Kier molecular flexibility index (Phi) is 5.39. The van der Waals surface area contributed by atoms with Crippen molar-refractivity contribution in [2.24, 2.45) is 0 Å². The molecule has 0 aliphatic carbocycles. The zero-order chi connectivity index (χ0) is 20.9. The van der Waals surface area contributed by atoms with Gasteiger partial charge in [-0.3, -0.25) is 24.3 Å². The highest BCUT2D eigenvalue weighted by Gasteiger charge is 2.36. The Morgan fingerprint density at radius 1 is 1.00 bits per heavy atom. The topological polar surface area (TPSA) is 88.6 Å². The molecule has 0 radical (unpaired) electrons. The standard InChI is InChI=1S/C23H17N3O4/c27-21(15-26-22(28)18-7-1-2-8-19(18)23(26)29)25-11-3-4-13-30-17-10-9-16-6-5-12-24-20(16)14-17/h1-2,5-10,12,14H,11,13,15H2,(H,25,27). The fourth-order valence-electron chi connectivity index (χ4n) is 3.09. The van der Waals surface area contributed by atoms with E-state index in [0.29, 0.717) is 16.9 Å². The third-order valence-electron chi connectivity index (χ3n) is 4.57. The molecule has 0 saturated carbocycles. The van der Waals surface area contributed by atoms with Crippen molar-refractivity contribution in [1.82, 2.24) is 15.2 Å². The largest absolute Gasteiger partial charge is 0.481 e. The van der Waals surface area contributed by atoms with E-state index in [1.54, 1.807) is 30.5 Å². The second-order valence-electron chi connectivity index (χ2n) is 6.52. The van der Waals surface area contributed by atoms with Crippen molar-refractivity contribution in [2.75, 3.05) is 19.7 Å². The molecule has 30 heavy (non-hydrogen) atoms. The Hall–Kier alpha value is -4.18. The minimum Gasteiger partial charge on any atom is -0.481 e. The van der Waals surface area contributed by atoms with E-state index in [4.69, 9.17) is 4.74 Å². The lowest BCUT2D eigenvalue weighted by molar-refractivity contribution is -0.121. The van der Waals surface area contributed by atoms with Crippen molar-refractivity contribution in [1.29, 1.82) is 0 Å². The number of amides is 3. The van der Waals surface area contributed by atoms with Gasteiger partial charge in [-0.2, -0.15) is 0 Å². The molecule has 3 amide bonds. The van der Waals surface area contributed by atoms with Gasteiger partial charge in [-0.15, -0.1) is 0 Å². The van der Waals surface area contributed by atoms with E-state index in [9.17, 15) is 14.4 Å². The predicted molar refractivity (Wildman–Crippen MR) is 110 cm³/mol. The van der Waals surface area contributed by atoms with Crippen molar-refractivity contribution in [3.05, 3.63) is 71.9 Å². The van der Waals surface area contributed by atoms with Gasteiger partial charge in [0.2, 0.25) is 5.91 Å². The molecule has 1 aliphatic heterocycles. The Bertz CT molecular complexity index is 1170. The molecule has 2 heterocycles. The number of hydrogen-bond donors (Lipinski definition) is 1. The Morgan fingerprint density at radius 2 is 1.77 bits per heavy atom. The number of nitrogens with zero attached hydrogens (tertiary/aromatic N) is 2. The third kappa shape index (κ3) is 3.98. The lowest BCUT2D eigenvalue weighted by atomic mass is 10.1. The molecule has 1 aliphatic rings. The predicted octanol–water partition coefficient (Wildman–Crippen LogP) is 2.03. The average molecular weight is 399 g/mol. The summed E-state index contributed by atoms with van der Waals surface area (Å²) in [7, 11) is 0. The number of aromatic nitrogens is 1. The number of hydrogen-bond acceptors (Lipinski definition) is 5. The molecule has 1 N–H and O–H groups in total. The number of imide groups is 1. The minimum absolute atomic E-state index is 0.0879. The number of pyridine rings is 1. The van der Waals surface area contributed by atoms with E-state index < -0.39 is 17.7 Å². The molecule has 0 saturated heterocycles. The lowest BCUT2D eigenvalue weighted by Crippen LogP contribution is -2.40. The van der Waals surface area contributed by atoms with Crippen LogP contribution in [-0.4, -0.2) is 47.3 Å². The van der Waals surface area contributed by atoms with E-state index >= 15 is 0 Å². The summed E-state index contributed by atoms with van der Waals surface area (Å²) < 4.78 is 5.57. The number of carbonyl (C=O) groups is 3. The second kappa shape index (κ2) is 8.45. The van der Waals surface area contributed by atoms with Gasteiger partial charge in [0.05, 0.1) is 23.2 Å². The molecular formula is C23H17N3O4. The third-order valence-corrected chi connectivity index (χ3v) is 4.57. The number of ether oxygens (including phenoxy) is 1. The molecule has 0 fully saturated rings. The van der Waals surface area contributed by atoms with Crippen LogP contribution < -0.4 is 10.1 Å². The van der Waals surface area contributed by atoms with E-state index in [1.165, 1.54) is 0 Å². The van der Waals surface area contributed by atoms with Crippen LogP contribution in [0.2, 0.25) is 0 Å². The maximum absolute atomic E-state index is 12.3. The van der Waals surface area contributed by atoms with Crippen molar-refractivity contribution in [2.45, 2.75) is 0 Å². The summed E-state index contributed by atoms with van der Waals surface area (Å²) in [5.41, 5.74) is 1.47. The Labute approximate surface area is 172 Å². The van der Waals surface area contributed by atoms with Crippen LogP contribution in [0.1, 0.15) is 20.7 Å². The highest BCUT2D eigenvalue weighted by molar-refractivity contribution is 6.22. The summed E-state index contributed by atoms with van der Waals surface area (Å²) in [6.45, 7) is -0.0914. The average Bonchev–Trinajstić information content (AvgIpc) is 3.01. The first-order valence-electron chi connectivity index (χ1n) is 9.29. The second-order valence-corrected chi connectivity index (χ2v) is 6.52. The maximum Gasteiger partial charge on any atom is 0.262 e. The van der Waals surface area contributed by atoms with Crippen LogP contribution in [0.3, 0.4) is 0 Å². The fraction of sp³-hybridized carbons (Fsp3) is 0.130. The van der Waals surface area contributed by atoms with Gasteiger partial charge in [0.25, 0.3) is 11.8 Å². The first-order chi connectivity index (χ1) is 14.6. The van der Waals surface area contributed by atoms with Gasteiger partial charge in [0.1, 0.15) is 18.9 Å². The van der Waals surface area contributed by atoms with E-state index in [-0.39, 0.29) is 19.7 Å². The van der Waals surface area contributed by atoms with Gasteiger partial charge in [-0.1, -0.05) is 30.0 Å². The van der Waals surface area contributed by atoms with Gasteiger partial charge in [0.15, 0.2) is 0 Å². The summed E-state index contributed by atoms with van der Waals surface area (Å²) in [4.78, 5) is 41.8. The van der Waals surface area contributed by atoms with Crippen LogP contribution >= 0.6 is 0 Å². The van der Waals surface area contributed by atoms with E-state index in [0.717, 1.165) is 15.8 Å². The Morgan fingerprint density at radius 3 is 2.53 bits per heavy atom. The smallest absolute Gasteiger partial charge is 0.262 e. The van der Waals surface area contributed by atoms with Gasteiger partial charge in [-0.05, 0) is 30.3 Å². The molecular weight excluding hydrogens is 382 g/mol. The van der Waals surface area contributed by atoms with Crippen LogP contribution in [0, 0.1) is 11.8 Å². The van der Waals surface area contributed by atoms with E-state index in [2.05, 4.69) is 22.1 Å². The molecule has 2 aromatic carbocycles. The molecule has 0 unspecified atom stereocenters. The number of fused-ring (bicyclic) bond motifs is 2. The van der Waals surface area contributed by atoms with Gasteiger partial charge in [-0.25, -0.2) is 0 Å². The minimum atomic E-state index is -0.463. The fourth-order valence-corrected chi connectivity index (χ4v) is 3.09. The summed E-state index contributed by atoms with van der Waals surface area (Å²) >= 11 is 0. The van der Waals surface area contributed by atoms with Crippen molar-refractivity contribution >= 4 is 28.6 Å². The molecule has 148 valence electrons. The van der Waals surface area contributed by atoms with Gasteiger partial charge >= 0.3 is 0 Å². The molecule has 7 nitrogen and oxygen atoms in total. The SMILES string of the molecule is O=C(CN1C(=O)c2ccccc2C1=O)NCC#CCOc1ccc2cccnc2c1. The van der Waals surface area contributed by atoms with Gasteiger partial charge in [0, 0.05) is 17.6 Å². The maximum atomic E-state index is 12.3. The normalized spacial score (nSPS) is 12.3. The van der Waals surface area contributed by atoms with Crippen LogP contribution in [0.5, 0.6) is 5.75 Å². The molecule has 4 rings (SSSR count). The number of benzene rings is 2. The summed E-state index contributed by atoms with van der Waals surface area (Å²) in [5.74, 6) is 4.86. The quantitative estimate of drug-likeness (QED) is 0.524. The van der Waals surface area contributed by atoms with Crippen LogP contribution in [-0.2, 0) is 4.79 Å². The van der Waals surface area contributed by atoms with Crippen LogP contribution in [0.4, 0.5) is 0 Å². The van der Waals surface area contributed by atoms with Crippen molar-refractivity contribution < 1.29 is 19.1 Å². The molecule has 7 heteroatoms. The first-order valence-corrected chi connectivity index (χ1v) is 9.29.